The van der Waals surface area contributed by atoms with Gasteiger partial charge in [0.2, 0.25) is 5.91 Å². The molecule has 23 heavy (non-hydrogen) atoms. The van der Waals surface area contributed by atoms with Crippen molar-refractivity contribution in [3.63, 3.8) is 0 Å². The largest absolute Gasteiger partial charge is 0.337 e. The lowest BCUT2D eigenvalue weighted by Gasteiger charge is -2.61. The molecule has 0 N–H and O–H groups in total. The van der Waals surface area contributed by atoms with E-state index in [0.717, 1.165) is 55.3 Å². The van der Waals surface area contributed by atoms with Crippen LogP contribution in [0.15, 0.2) is 12.5 Å². The number of nitrogens with zero attached hydrogens (tertiary/aromatic N) is 3. The average Bonchev–Trinajstić information content (AvgIpc) is 2.51. The third-order valence-corrected chi connectivity index (χ3v) is 6.96. The molecule has 1 aromatic rings. The summed E-state index contributed by atoms with van der Waals surface area (Å²) in [6, 6.07) is 0. The molecule has 4 aliphatic carbocycles. The lowest BCUT2D eigenvalue weighted by atomic mass is 9.44. The van der Waals surface area contributed by atoms with E-state index in [9.17, 15) is 4.79 Å². The van der Waals surface area contributed by atoms with E-state index in [1.54, 1.807) is 6.33 Å². The minimum atomic E-state index is -0.0496. The smallest absolute Gasteiger partial charge is 0.229 e. The van der Waals surface area contributed by atoms with E-state index in [0.29, 0.717) is 17.9 Å². The van der Waals surface area contributed by atoms with Crippen LogP contribution in [0.4, 0.5) is 0 Å². The summed E-state index contributed by atoms with van der Waals surface area (Å²) < 4.78 is 0. The Morgan fingerprint density at radius 2 is 2.04 bits per heavy atom. The van der Waals surface area contributed by atoms with Gasteiger partial charge in [0, 0.05) is 31.3 Å². The Morgan fingerprint density at radius 3 is 2.78 bits per heavy atom. The molecule has 4 heteroatoms. The molecule has 5 aliphatic rings. The molecule has 0 spiro atoms. The topological polar surface area (TPSA) is 46.1 Å². The van der Waals surface area contributed by atoms with Gasteiger partial charge in [-0.25, -0.2) is 9.97 Å². The number of aromatic nitrogens is 2. The second-order valence-corrected chi connectivity index (χ2v) is 9.02. The third-order valence-electron chi connectivity index (χ3n) is 6.96. The highest BCUT2D eigenvalue weighted by molar-refractivity contribution is 5.83. The van der Waals surface area contributed by atoms with Crippen molar-refractivity contribution in [1.82, 2.24) is 14.9 Å². The number of amides is 1. The lowest BCUT2D eigenvalue weighted by molar-refractivity contribution is -0.167. The maximum atomic E-state index is 13.5. The van der Waals surface area contributed by atoms with Crippen LogP contribution in [-0.2, 0) is 17.8 Å². The Balaban J connectivity index is 1.43. The van der Waals surface area contributed by atoms with Gasteiger partial charge < -0.3 is 4.90 Å². The van der Waals surface area contributed by atoms with Crippen LogP contribution in [0, 0.1) is 22.7 Å². The zero-order valence-corrected chi connectivity index (χ0v) is 13.9. The van der Waals surface area contributed by atoms with Gasteiger partial charge in [-0.15, -0.1) is 0 Å². The lowest BCUT2D eigenvalue weighted by Crippen LogP contribution is -2.58. The fraction of sp³-hybridized carbons (Fsp3) is 0.737. The van der Waals surface area contributed by atoms with Crippen molar-refractivity contribution in [3.05, 3.63) is 23.8 Å². The maximum Gasteiger partial charge on any atom is 0.229 e. The van der Waals surface area contributed by atoms with Crippen LogP contribution in [0.25, 0.3) is 0 Å². The first kappa shape index (κ1) is 13.9. The van der Waals surface area contributed by atoms with Crippen LogP contribution >= 0.6 is 0 Å². The second-order valence-electron chi connectivity index (χ2n) is 9.02. The van der Waals surface area contributed by atoms with Crippen LogP contribution in [0.5, 0.6) is 0 Å². The summed E-state index contributed by atoms with van der Waals surface area (Å²) in [5.74, 6) is 2.03. The van der Waals surface area contributed by atoms with Gasteiger partial charge in [0.15, 0.2) is 0 Å². The van der Waals surface area contributed by atoms with E-state index < -0.39 is 0 Å². The van der Waals surface area contributed by atoms with Crippen molar-refractivity contribution >= 4 is 5.91 Å². The minimum absolute atomic E-state index is 0.0496. The number of rotatable bonds is 1. The molecule has 2 atom stereocenters. The van der Waals surface area contributed by atoms with E-state index in [2.05, 4.69) is 21.8 Å². The van der Waals surface area contributed by atoms with Crippen LogP contribution in [0.1, 0.15) is 56.7 Å². The summed E-state index contributed by atoms with van der Waals surface area (Å²) in [4.78, 5) is 24.1. The molecule has 2 unspecified atom stereocenters. The van der Waals surface area contributed by atoms with Gasteiger partial charge in [-0.2, -0.15) is 0 Å². The van der Waals surface area contributed by atoms with Crippen LogP contribution < -0.4 is 0 Å². The van der Waals surface area contributed by atoms with Crippen LogP contribution in [-0.4, -0.2) is 27.3 Å². The fourth-order valence-corrected chi connectivity index (χ4v) is 6.75. The van der Waals surface area contributed by atoms with Gasteiger partial charge in [0.1, 0.15) is 6.33 Å². The highest BCUT2D eigenvalue weighted by Gasteiger charge is 2.59. The first-order valence-electron chi connectivity index (χ1n) is 9.12. The summed E-state index contributed by atoms with van der Waals surface area (Å²) in [6.07, 6.45) is 11.9. The predicted molar refractivity (Wildman–Crippen MR) is 86.4 cm³/mol. The van der Waals surface area contributed by atoms with Crippen molar-refractivity contribution < 1.29 is 4.79 Å². The van der Waals surface area contributed by atoms with Gasteiger partial charge in [-0.05, 0) is 55.8 Å². The Morgan fingerprint density at radius 1 is 1.26 bits per heavy atom. The van der Waals surface area contributed by atoms with Crippen molar-refractivity contribution in [2.75, 3.05) is 6.54 Å². The summed E-state index contributed by atoms with van der Waals surface area (Å²) in [6.45, 7) is 3.98. The number of carbonyl (C=O) groups is 1. The minimum Gasteiger partial charge on any atom is -0.337 e. The molecule has 4 saturated carbocycles. The SMILES string of the molecule is CC12CC3CC(C1)CC(C(=O)N1CCc4ncncc4C1)(C3)C2. The highest BCUT2D eigenvalue weighted by Crippen LogP contribution is 2.65. The molecule has 2 heterocycles. The Bertz CT molecular complexity index is 656. The molecule has 1 amide bonds. The molecular weight excluding hydrogens is 286 g/mol. The predicted octanol–water partition coefficient (Wildman–Crippen LogP) is 2.97. The van der Waals surface area contributed by atoms with E-state index in [1.165, 1.54) is 19.3 Å². The van der Waals surface area contributed by atoms with Crippen LogP contribution in [0.3, 0.4) is 0 Å². The molecule has 0 radical (unpaired) electrons. The molecular formula is C19H25N3O. The monoisotopic (exact) mass is 311 g/mol. The van der Waals surface area contributed by atoms with E-state index in [-0.39, 0.29) is 5.41 Å². The summed E-state index contributed by atoms with van der Waals surface area (Å²) in [5.41, 5.74) is 2.65. The number of fused-ring (bicyclic) bond motifs is 1. The highest BCUT2D eigenvalue weighted by atomic mass is 16.2. The maximum absolute atomic E-state index is 13.5. The standard InChI is InChI=1S/C19H25N3O/c1-18-5-13-4-14(6-18)8-19(7-13,11-18)17(23)22-3-2-16-15(10-22)9-20-12-21-16/h9,12-14H,2-8,10-11H2,1H3. The van der Waals surface area contributed by atoms with Crippen molar-refractivity contribution in [1.29, 1.82) is 0 Å². The first-order chi connectivity index (χ1) is 11.1. The third kappa shape index (κ3) is 2.06. The normalized spacial score (nSPS) is 41.0. The molecule has 0 saturated heterocycles. The Kier molecular flexibility index (Phi) is 2.76. The molecule has 4 fully saturated rings. The summed E-state index contributed by atoms with van der Waals surface area (Å²) >= 11 is 0. The molecule has 4 bridgehead atoms. The van der Waals surface area contributed by atoms with Crippen molar-refractivity contribution in [2.24, 2.45) is 22.7 Å². The molecule has 122 valence electrons. The van der Waals surface area contributed by atoms with Gasteiger partial charge >= 0.3 is 0 Å². The summed E-state index contributed by atoms with van der Waals surface area (Å²) in [7, 11) is 0. The summed E-state index contributed by atoms with van der Waals surface area (Å²) in [5, 5.41) is 0. The molecule has 4 nitrogen and oxygen atoms in total. The molecule has 1 aromatic heterocycles. The quantitative estimate of drug-likeness (QED) is 0.801. The van der Waals surface area contributed by atoms with Gasteiger partial charge in [0.25, 0.3) is 0 Å². The van der Waals surface area contributed by atoms with Gasteiger partial charge in [-0.3, -0.25) is 4.79 Å². The number of carbonyl (C=O) groups excluding carboxylic acids is 1. The zero-order chi connectivity index (χ0) is 15.7. The Labute approximate surface area is 137 Å². The van der Waals surface area contributed by atoms with Crippen molar-refractivity contribution in [2.45, 2.75) is 58.4 Å². The fourth-order valence-electron chi connectivity index (χ4n) is 6.75. The second kappa shape index (κ2) is 4.55. The zero-order valence-electron chi connectivity index (χ0n) is 13.9. The van der Waals surface area contributed by atoms with Gasteiger partial charge in [0.05, 0.1) is 11.1 Å². The number of hydrogen-bond donors (Lipinski definition) is 0. The first-order valence-corrected chi connectivity index (χ1v) is 9.12. The van der Waals surface area contributed by atoms with Gasteiger partial charge in [-0.1, -0.05) is 6.92 Å². The van der Waals surface area contributed by atoms with E-state index >= 15 is 0 Å². The Hall–Kier alpha value is -1.45. The molecule has 0 aromatic carbocycles. The molecule has 6 rings (SSSR count). The molecule has 1 aliphatic heterocycles. The van der Waals surface area contributed by atoms with Crippen LogP contribution in [0.2, 0.25) is 0 Å². The van der Waals surface area contributed by atoms with Crippen molar-refractivity contribution in [3.8, 4) is 0 Å². The average molecular weight is 311 g/mol. The number of hydrogen-bond acceptors (Lipinski definition) is 3. The van der Waals surface area contributed by atoms with E-state index in [1.807, 2.05) is 6.20 Å². The van der Waals surface area contributed by atoms with E-state index in [4.69, 9.17) is 0 Å².